The number of carbonyl (C=O) groups excluding carboxylic acids is 1. The van der Waals surface area contributed by atoms with Gasteiger partial charge in [0.1, 0.15) is 11.3 Å². The van der Waals surface area contributed by atoms with Crippen LogP contribution in [0, 0.1) is 18.8 Å². The Morgan fingerprint density at radius 3 is 2.47 bits per heavy atom. The topological polar surface area (TPSA) is 63.0 Å². The number of benzene rings is 1. The van der Waals surface area contributed by atoms with Gasteiger partial charge in [-0.3, -0.25) is 9.69 Å². The minimum atomic E-state index is -0.000779. The number of amides is 1. The number of pyridine rings is 2. The highest BCUT2D eigenvalue weighted by Gasteiger charge is 2.42. The minimum absolute atomic E-state index is 0.000779. The van der Waals surface area contributed by atoms with E-state index in [1.54, 1.807) is 13.2 Å². The monoisotopic (exact) mass is 501 g/mol. The lowest BCUT2D eigenvalue weighted by atomic mass is 10.0. The summed E-state index contributed by atoms with van der Waals surface area (Å²) in [5.74, 6) is 1.38. The van der Waals surface area contributed by atoms with Crippen molar-refractivity contribution in [1.29, 1.82) is 0 Å². The molecule has 3 aromatic heterocycles. The molecule has 0 radical (unpaired) electrons. The molecule has 0 saturated carbocycles. The molecule has 0 N–H and O–H groups in total. The maximum Gasteiger partial charge on any atom is 0.272 e. The number of rotatable bonds is 5. The zero-order valence-electron chi connectivity index (χ0n) is 20.4. The number of imidazole rings is 1. The van der Waals surface area contributed by atoms with Crippen molar-refractivity contribution in [2.24, 2.45) is 11.8 Å². The first-order chi connectivity index (χ1) is 17.5. The van der Waals surface area contributed by atoms with Crippen molar-refractivity contribution in [1.82, 2.24) is 24.2 Å². The minimum Gasteiger partial charge on any atom is -0.481 e. The average Bonchev–Trinajstić information content (AvgIpc) is 3.57. The number of aromatic nitrogens is 3. The Balaban J connectivity index is 1.19. The van der Waals surface area contributed by atoms with Crippen LogP contribution in [-0.2, 0) is 6.54 Å². The summed E-state index contributed by atoms with van der Waals surface area (Å²) in [6, 6.07) is 17.7. The number of carbonyl (C=O) groups is 1. The van der Waals surface area contributed by atoms with Crippen LogP contribution < -0.4 is 4.74 Å². The molecule has 2 fully saturated rings. The predicted molar refractivity (Wildman–Crippen MR) is 139 cm³/mol. The highest BCUT2D eigenvalue weighted by molar-refractivity contribution is 6.30. The van der Waals surface area contributed by atoms with Crippen LogP contribution in [0.25, 0.3) is 16.9 Å². The SMILES string of the molecule is COc1ccc(C)c(C(=O)N2CC3CN(Cc4c(-c5ccc(Cl)cc5)nc5ccccn45)CC3C2)n1. The Morgan fingerprint density at radius 2 is 1.75 bits per heavy atom. The van der Waals surface area contributed by atoms with Crippen molar-refractivity contribution in [3.05, 3.63) is 82.8 Å². The van der Waals surface area contributed by atoms with Gasteiger partial charge in [-0.2, -0.15) is 0 Å². The molecule has 8 heteroatoms. The van der Waals surface area contributed by atoms with E-state index in [4.69, 9.17) is 21.3 Å². The van der Waals surface area contributed by atoms with E-state index >= 15 is 0 Å². The van der Waals surface area contributed by atoms with Gasteiger partial charge in [0, 0.05) is 55.6 Å². The summed E-state index contributed by atoms with van der Waals surface area (Å²) < 4.78 is 7.42. The second kappa shape index (κ2) is 9.22. The molecular weight excluding hydrogens is 474 g/mol. The quantitative estimate of drug-likeness (QED) is 0.401. The smallest absolute Gasteiger partial charge is 0.272 e. The molecule has 6 rings (SSSR count). The third-order valence-corrected chi connectivity index (χ3v) is 7.70. The van der Waals surface area contributed by atoms with Gasteiger partial charge in [-0.1, -0.05) is 35.9 Å². The summed E-state index contributed by atoms with van der Waals surface area (Å²) in [5, 5.41) is 0.717. The molecule has 4 aromatic rings. The zero-order valence-corrected chi connectivity index (χ0v) is 21.2. The first kappa shape index (κ1) is 23.0. The van der Waals surface area contributed by atoms with Crippen LogP contribution in [0.4, 0.5) is 0 Å². The molecule has 2 saturated heterocycles. The number of fused-ring (bicyclic) bond motifs is 2. The van der Waals surface area contributed by atoms with Crippen molar-refractivity contribution >= 4 is 23.2 Å². The van der Waals surface area contributed by atoms with E-state index in [9.17, 15) is 4.79 Å². The second-order valence-corrected chi connectivity index (χ2v) is 10.2. The second-order valence-electron chi connectivity index (χ2n) is 9.79. The van der Waals surface area contributed by atoms with Gasteiger partial charge in [-0.05, 0) is 48.6 Å². The van der Waals surface area contributed by atoms with Gasteiger partial charge in [-0.25, -0.2) is 9.97 Å². The molecule has 2 aliphatic heterocycles. The largest absolute Gasteiger partial charge is 0.481 e. The lowest BCUT2D eigenvalue weighted by Crippen LogP contribution is -2.34. The normalized spacial score (nSPS) is 19.7. The van der Waals surface area contributed by atoms with Crippen molar-refractivity contribution in [2.75, 3.05) is 33.3 Å². The van der Waals surface area contributed by atoms with Crippen LogP contribution in [0.3, 0.4) is 0 Å². The number of methoxy groups -OCH3 is 1. The van der Waals surface area contributed by atoms with Crippen molar-refractivity contribution in [3.8, 4) is 17.1 Å². The Morgan fingerprint density at radius 1 is 1.00 bits per heavy atom. The first-order valence-electron chi connectivity index (χ1n) is 12.3. The maximum atomic E-state index is 13.3. The van der Waals surface area contributed by atoms with Crippen LogP contribution in [0.15, 0.2) is 60.8 Å². The van der Waals surface area contributed by atoms with Crippen LogP contribution in [-0.4, -0.2) is 63.4 Å². The number of likely N-dealkylation sites (tertiary alicyclic amines) is 2. The fourth-order valence-corrected chi connectivity index (χ4v) is 5.75. The molecule has 36 heavy (non-hydrogen) atoms. The van der Waals surface area contributed by atoms with Gasteiger partial charge < -0.3 is 14.0 Å². The van der Waals surface area contributed by atoms with Gasteiger partial charge in [0.25, 0.3) is 5.91 Å². The molecule has 1 amide bonds. The van der Waals surface area contributed by atoms with Crippen molar-refractivity contribution in [3.63, 3.8) is 0 Å². The molecule has 2 atom stereocenters. The van der Waals surface area contributed by atoms with Crippen LogP contribution in [0.1, 0.15) is 21.7 Å². The fourth-order valence-electron chi connectivity index (χ4n) is 5.62. The highest BCUT2D eigenvalue weighted by atomic mass is 35.5. The standard InChI is InChI=1S/C28H28ClN5O2/c1-18-6-11-25(36-2)31-26(18)28(35)33-15-20-13-32(14-21(20)16-33)17-23-27(19-7-9-22(29)10-8-19)30-24-5-3-4-12-34(23)24/h3-12,20-21H,13-17H2,1-2H3. The van der Waals surface area contributed by atoms with Gasteiger partial charge in [-0.15, -0.1) is 0 Å². The molecule has 0 aliphatic carbocycles. The van der Waals surface area contributed by atoms with E-state index in [0.29, 0.717) is 23.4 Å². The Bertz CT molecular complexity index is 1420. The molecular formula is C28H28ClN5O2. The molecule has 0 spiro atoms. The summed E-state index contributed by atoms with van der Waals surface area (Å²) in [6.07, 6.45) is 2.08. The summed E-state index contributed by atoms with van der Waals surface area (Å²) in [7, 11) is 1.57. The first-order valence-corrected chi connectivity index (χ1v) is 12.6. The zero-order chi connectivity index (χ0) is 24.8. The number of halogens is 1. The van der Waals surface area contributed by atoms with E-state index < -0.39 is 0 Å². The van der Waals surface area contributed by atoms with Gasteiger partial charge >= 0.3 is 0 Å². The number of nitrogens with zero attached hydrogens (tertiary/aromatic N) is 5. The lowest BCUT2D eigenvalue weighted by Gasteiger charge is -2.22. The van der Waals surface area contributed by atoms with Crippen LogP contribution in [0.5, 0.6) is 5.88 Å². The molecule has 184 valence electrons. The van der Waals surface area contributed by atoms with Gasteiger partial charge in [0.15, 0.2) is 0 Å². The van der Waals surface area contributed by atoms with E-state index in [1.807, 2.05) is 60.4 Å². The van der Waals surface area contributed by atoms with Gasteiger partial charge in [0.2, 0.25) is 5.88 Å². The summed E-state index contributed by atoms with van der Waals surface area (Å²) in [6.45, 7) is 6.16. The van der Waals surface area contributed by atoms with E-state index in [-0.39, 0.29) is 5.91 Å². The highest BCUT2D eigenvalue weighted by Crippen LogP contribution is 2.34. The Hall–Kier alpha value is -3.42. The summed E-state index contributed by atoms with van der Waals surface area (Å²) in [4.78, 5) is 27.1. The lowest BCUT2D eigenvalue weighted by molar-refractivity contribution is 0.0765. The van der Waals surface area contributed by atoms with E-state index in [2.05, 4.69) is 20.5 Å². The fraction of sp³-hybridized carbons (Fsp3) is 0.321. The number of hydrogen-bond acceptors (Lipinski definition) is 5. The Labute approximate surface area is 215 Å². The average molecular weight is 502 g/mol. The van der Waals surface area contributed by atoms with Crippen molar-refractivity contribution in [2.45, 2.75) is 13.5 Å². The number of aryl methyl sites for hydroxylation is 1. The molecule has 1 aromatic carbocycles. The van der Waals surface area contributed by atoms with Crippen LogP contribution in [0.2, 0.25) is 5.02 Å². The molecule has 5 heterocycles. The summed E-state index contributed by atoms with van der Waals surface area (Å²) >= 11 is 6.13. The summed E-state index contributed by atoms with van der Waals surface area (Å²) in [5.41, 5.74) is 5.54. The molecule has 0 bridgehead atoms. The van der Waals surface area contributed by atoms with E-state index in [0.717, 1.165) is 60.2 Å². The molecule has 2 aliphatic rings. The van der Waals surface area contributed by atoms with Crippen LogP contribution >= 0.6 is 11.6 Å². The number of ether oxygens (including phenoxy) is 1. The van der Waals surface area contributed by atoms with Crippen molar-refractivity contribution < 1.29 is 9.53 Å². The number of hydrogen-bond donors (Lipinski definition) is 0. The van der Waals surface area contributed by atoms with Gasteiger partial charge in [0.05, 0.1) is 18.5 Å². The predicted octanol–water partition coefficient (Wildman–Crippen LogP) is 4.57. The third kappa shape index (κ3) is 4.12. The molecule has 2 unspecified atom stereocenters. The molecule has 7 nitrogen and oxygen atoms in total. The van der Waals surface area contributed by atoms with E-state index in [1.165, 1.54) is 5.69 Å². The third-order valence-electron chi connectivity index (χ3n) is 7.45. The Kier molecular flexibility index (Phi) is 5.90. The maximum absolute atomic E-state index is 13.3.